The van der Waals surface area contributed by atoms with Gasteiger partial charge in [0.25, 0.3) is 5.91 Å². The van der Waals surface area contributed by atoms with E-state index in [1.54, 1.807) is 30.5 Å². The van der Waals surface area contributed by atoms with Gasteiger partial charge >= 0.3 is 5.63 Å². The number of nitrogens with one attached hydrogen (secondary N) is 1. The van der Waals surface area contributed by atoms with Crippen molar-refractivity contribution in [3.8, 4) is 0 Å². The van der Waals surface area contributed by atoms with Gasteiger partial charge in [-0.2, -0.15) is 0 Å². The quantitative estimate of drug-likeness (QED) is 0.683. The van der Waals surface area contributed by atoms with Crippen LogP contribution in [0.1, 0.15) is 22.1 Å². The predicted octanol–water partition coefficient (Wildman–Crippen LogP) is 1.99. The highest BCUT2D eigenvalue weighted by Gasteiger charge is 2.25. The maximum absolute atomic E-state index is 12.7. The summed E-state index contributed by atoms with van der Waals surface area (Å²) in [7, 11) is 0. The molecule has 1 fully saturated rings. The third kappa shape index (κ3) is 3.95. The van der Waals surface area contributed by atoms with Crippen molar-refractivity contribution in [2.75, 3.05) is 32.8 Å². The molecule has 3 aromatic rings. The number of para-hydroxylation sites is 1. The normalized spacial score (nSPS) is 16.0. The predicted molar refractivity (Wildman–Crippen MR) is 104 cm³/mol. The van der Waals surface area contributed by atoms with Crippen molar-refractivity contribution in [3.05, 3.63) is 76.4 Å². The molecular formula is C21H21N3O4. The molecule has 1 atom stereocenters. The van der Waals surface area contributed by atoms with E-state index < -0.39 is 11.5 Å². The minimum Gasteiger partial charge on any atom is -0.422 e. The van der Waals surface area contributed by atoms with Crippen molar-refractivity contribution in [3.63, 3.8) is 0 Å². The molecule has 1 saturated heterocycles. The van der Waals surface area contributed by atoms with Crippen LogP contribution in [0.5, 0.6) is 0 Å². The summed E-state index contributed by atoms with van der Waals surface area (Å²) in [4.78, 5) is 31.6. The summed E-state index contributed by atoms with van der Waals surface area (Å²) in [5, 5.41) is 3.59. The number of benzene rings is 1. The number of morpholine rings is 1. The van der Waals surface area contributed by atoms with Crippen molar-refractivity contribution in [1.82, 2.24) is 15.2 Å². The Kier molecular flexibility index (Phi) is 5.45. The molecule has 3 heterocycles. The Bertz CT molecular complexity index is 1010. The van der Waals surface area contributed by atoms with Crippen molar-refractivity contribution in [1.29, 1.82) is 0 Å². The molecule has 28 heavy (non-hydrogen) atoms. The lowest BCUT2D eigenvalue weighted by Crippen LogP contribution is -2.44. The monoisotopic (exact) mass is 379 g/mol. The zero-order chi connectivity index (χ0) is 19.3. The van der Waals surface area contributed by atoms with Gasteiger partial charge in [-0.05, 0) is 24.3 Å². The molecule has 4 rings (SSSR count). The molecule has 2 aromatic heterocycles. The average Bonchev–Trinajstić information content (AvgIpc) is 2.75. The number of amides is 1. The van der Waals surface area contributed by atoms with Gasteiger partial charge in [-0.25, -0.2) is 4.79 Å². The molecule has 1 aliphatic rings. The highest BCUT2D eigenvalue weighted by Crippen LogP contribution is 2.19. The summed E-state index contributed by atoms with van der Waals surface area (Å²) in [6, 6.07) is 14.3. The van der Waals surface area contributed by atoms with Gasteiger partial charge in [-0.1, -0.05) is 24.3 Å². The topological polar surface area (TPSA) is 84.7 Å². The lowest BCUT2D eigenvalue weighted by Gasteiger charge is -2.34. The summed E-state index contributed by atoms with van der Waals surface area (Å²) in [6.45, 7) is 3.14. The molecule has 1 aliphatic heterocycles. The molecule has 7 heteroatoms. The highest BCUT2D eigenvalue weighted by molar-refractivity contribution is 5.96. The lowest BCUT2D eigenvalue weighted by atomic mass is 10.1. The Hall–Kier alpha value is -3.03. The number of carbonyl (C=O) groups excluding carboxylic acids is 1. The highest BCUT2D eigenvalue weighted by atomic mass is 16.5. The van der Waals surface area contributed by atoms with Gasteiger partial charge in [-0.3, -0.25) is 14.7 Å². The van der Waals surface area contributed by atoms with Crippen LogP contribution in [0.2, 0.25) is 0 Å². The molecule has 1 N–H and O–H groups in total. The summed E-state index contributed by atoms with van der Waals surface area (Å²) in [5.74, 6) is -0.450. The van der Waals surface area contributed by atoms with Gasteiger partial charge in [0.2, 0.25) is 0 Å². The van der Waals surface area contributed by atoms with Crippen molar-refractivity contribution in [2.45, 2.75) is 6.04 Å². The van der Waals surface area contributed by atoms with Crippen LogP contribution in [-0.4, -0.2) is 48.6 Å². The molecule has 0 bridgehead atoms. The summed E-state index contributed by atoms with van der Waals surface area (Å²) in [5.41, 5.74) is 0.691. The second kappa shape index (κ2) is 8.33. The number of ether oxygens (including phenoxy) is 1. The molecular weight excluding hydrogens is 358 g/mol. The Morgan fingerprint density at radius 3 is 2.71 bits per heavy atom. The molecule has 1 aromatic carbocycles. The van der Waals surface area contributed by atoms with E-state index in [-0.39, 0.29) is 11.6 Å². The molecule has 7 nitrogen and oxygen atoms in total. The van der Waals surface area contributed by atoms with Crippen molar-refractivity contribution in [2.24, 2.45) is 0 Å². The molecule has 1 amide bonds. The summed E-state index contributed by atoms with van der Waals surface area (Å²) < 4.78 is 10.7. The lowest BCUT2D eigenvalue weighted by molar-refractivity contribution is 0.0153. The fourth-order valence-corrected chi connectivity index (χ4v) is 3.39. The van der Waals surface area contributed by atoms with Crippen molar-refractivity contribution < 1.29 is 13.9 Å². The minimum atomic E-state index is -0.642. The largest absolute Gasteiger partial charge is 0.422 e. The molecule has 0 aliphatic carbocycles. The molecule has 0 spiro atoms. The van der Waals surface area contributed by atoms with Gasteiger partial charge in [0, 0.05) is 31.2 Å². The molecule has 144 valence electrons. The molecule has 0 saturated carbocycles. The number of rotatable bonds is 5. The van der Waals surface area contributed by atoms with Gasteiger partial charge in [0.15, 0.2) is 0 Å². The van der Waals surface area contributed by atoms with Crippen LogP contribution in [0.25, 0.3) is 11.0 Å². The van der Waals surface area contributed by atoms with E-state index in [2.05, 4.69) is 15.2 Å². The van der Waals surface area contributed by atoms with Gasteiger partial charge in [0.1, 0.15) is 11.1 Å². The van der Waals surface area contributed by atoms with E-state index in [0.29, 0.717) is 30.7 Å². The van der Waals surface area contributed by atoms with Crippen LogP contribution in [0.3, 0.4) is 0 Å². The van der Waals surface area contributed by atoms with Gasteiger partial charge in [0.05, 0.1) is 24.9 Å². The number of aromatic nitrogens is 1. The number of hydrogen-bond acceptors (Lipinski definition) is 6. The van der Waals surface area contributed by atoms with Crippen LogP contribution in [0.15, 0.2) is 63.9 Å². The second-order valence-electron chi connectivity index (χ2n) is 6.61. The molecule has 0 radical (unpaired) electrons. The first-order valence-electron chi connectivity index (χ1n) is 9.26. The third-order valence-corrected chi connectivity index (χ3v) is 4.86. The Balaban J connectivity index is 1.54. The van der Waals surface area contributed by atoms with E-state index in [0.717, 1.165) is 18.8 Å². The second-order valence-corrected chi connectivity index (χ2v) is 6.61. The fourth-order valence-electron chi connectivity index (χ4n) is 3.39. The Morgan fingerprint density at radius 2 is 1.93 bits per heavy atom. The van der Waals surface area contributed by atoms with Crippen LogP contribution in [-0.2, 0) is 4.74 Å². The number of fused-ring (bicyclic) bond motifs is 1. The van der Waals surface area contributed by atoms with Crippen LogP contribution in [0, 0.1) is 0 Å². The first kappa shape index (κ1) is 18.3. The van der Waals surface area contributed by atoms with Crippen LogP contribution in [0.4, 0.5) is 0 Å². The van der Waals surface area contributed by atoms with Gasteiger partial charge < -0.3 is 14.5 Å². The zero-order valence-corrected chi connectivity index (χ0v) is 15.3. The number of pyridine rings is 1. The average molecular weight is 379 g/mol. The van der Waals surface area contributed by atoms with Gasteiger partial charge in [-0.15, -0.1) is 0 Å². The Labute approximate surface area is 161 Å². The SMILES string of the molecule is O=C(NCC(c1ccccn1)N1CCOCC1)c1cc2ccccc2oc1=O. The Morgan fingerprint density at radius 1 is 1.14 bits per heavy atom. The van der Waals surface area contributed by atoms with E-state index in [9.17, 15) is 9.59 Å². The van der Waals surface area contributed by atoms with E-state index in [4.69, 9.17) is 9.15 Å². The minimum absolute atomic E-state index is 0.000415. The number of carbonyl (C=O) groups is 1. The van der Waals surface area contributed by atoms with Crippen LogP contribution >= 0.6 is 0 Å². The zero-order valence-electron chi connectivity index (χ0n) is 15.3. The number of hydrogen-bond donors (Lipinski definition) is 1. The first-order valence-corrected chi connectivity index (χ1v) is 9.26. The van der Waals surface area contributed by atoms with E-state index in [1.165, 1.54) is 0 Å². The summed E-state index contributed by atoms with van der Waals surface area (Å²) >= 11 is 0. The van der Waals surface area contributed by atoms with Crippen LogP contribution < -0.4 is 10.9 Å². The maximum Gasteiger partial charge on any atom is 0.349 e. The smallest absolute Gasteiger partial charge is 0.349 e. The standard InChI is InChI=1S/C21H21N3O4/c25-20(16-13-15-5-1-2-7-19(15)28-21(16)26)23-14-18(17-6-3-4-8-22-17)24-9-11-27-12-10-24/h1-8,13,18H,9-12,14H2,(H,23,25). The number of nitrogens with zero attached hydrogens (tertiary/aromatic N) is 2. The molecule has 1 unspecified atom stereocenters. The summed E-state index contributed by atoms with van der Waals surface area (Å²) in [6.07, 6.45) is 1.74. The maximum atomic E-state index is 12.7. The van der Waals surface area contributed by atoms with E-state index in [1.807, 2.05) is 24.3 Å². The third-order valence-electron chi connectivity index (χ3n) is 4.86. The van der Waals surface area contributed by atoms with Crippen molar-refractivity contribution >= 4 is 16.9 Å². The van der Waals surface area contributed by atoms with E-state index >= 15 is 0 Å². The fraction of sp³-hybridized carbons (Fsp3) is 0.286. The first-order chi connectivity index (χ1) is 13.7.